The van der Waals surface area contributed by atoms with Gasteiger partial charge in [-0.15, -0.1) is 0 Å². The molecule has 0 aliphatic carbocycles. The Morgan fingerprint density at radius 2 is 2.15 bits per heavy atom. The molecule has 1 heterocycles. The average molecular weight is 185 g/mol. The smallest absolute Gasteiger partial charge is 0.222 e. The van der Waals surface area contributed by atoms with Crippen LogP contribution >= 0.6 is 0 Å². The molecule has 0 aromatic heterocycles. The van der Waals surface area contributed by atoms with Gasteiger partial charge in [-0.2, -0.15) is 0 Å². The second kappa shape index (κ2) is 3.66. The molecule has 3 nitrogen and oxygen atoms in total. The summed E-state index contributed by atoms with van der Waals surface area (Å²) in [6.45, 7) is 7.64. The van der Waals surface area contributed by atoms with Crippen molar-refractivity contribution in [3.05, 3.63) is 0 Å². The van der Waals surface area contributed by atoms with Crippen molar-refractivity contribution >= 4 is 5.91 Å². The Morgan fingerprint density at radius 1 is 1.54 bits per heavy atom. The van der Waals surface area contributed by atoms with Gasteiger partial charge in [0.2, 0.25) is 5.91 Å². The van der Waals surface area contributed by atoms with Crippen LogP contribution in [-0.2, 0) is 9.53 Å². The molecule has 76 valence electrons. The molecule has 0 radical (unpaired) electrons. The molecule has 0 spiro atoms. The van der Waals surface area contributed by atoms with Gasteiger partial charge in [0.15, 0.2) is 0 Å². The zero-order valence-electron chi connectivity index (χ0n) is 8.96. The van der Waals surface area contributed by atoms with Gasteiger partial charge in [-0.05, 0) is 20.8 Å². The molecular weight excluding hydrogens is 166 g/mol. The van der Waals surface area contributed by atoms with Gasteiger partial charge in [-0.1, -0.05) is 0 Å². The Hall–Kier alpha value is -0.570. The number of rotatable bonds is 2. The lowest BCUT2D eigenvalue weighted by Gasteiger charge is -2.21. The van der Waals surface area contributed by atoms with Gasteiger partial charge in [0, 0.05) is 25.9 Å². The van der Waals surface area contributed by atoms with Gasteiger partial charge >= 0.3 is 0 Å². The van der Waals surface area contributed by atoms with Crippen molar-refractivity contribution in [2.45, 2.75) is 32.8 Å². The van der Waals surface area contributed by atoms with Crippen LogP contribution in [0.4, 0.5) is 0 Å². The summed E-state index contributed by atoms with van der Waals surface area (Å²) in [5.74, 6) is 0.624. The van der Waals surface area contributed by atoms with Crippen molar-refractivity contribution in [3.63, 3.8) is 0 Å². The Bertz CT molecular complexity index is 196. The van der Waals surface area contributed by atoms with Crippen LogP contribution in [0.1, 0.15) is 27.2 Å². The molecule has 0 N–H and O–H groups in total. The third-order valence-electron chi connectivity index (χ3n) is 2.17. The maximum atomic E-state index is 11.2. The van der Waals surface area contributed by atoms with Crippen LogP contribution in [-0.4, -0.2) is 36.6 Å². The summed E-state index contributed by atoms with van der Waals surface area (Å²) in [5, 5.41) is 0. The van der Waals surface area contributed by atoms with E-state index in [1.54, 1.807) is 4.90 Å². The predicted octanol–water partition coefficient (Wildman–Crippen LogP) is 1.28. The fraction of sp³-hybridized carbons (Fsp3) is 0.900. The molecule has 1 aliphatic heterocycles. The van der Waals surface area contributed by atoms with Crippen molar-refractivity contribution in [1.82, 2.24) is 4.90 Å². The minimum atomic E-state index is -0.0930. The number of carbonyl (C=O) groups is 1. The lowest BCUT2D eigenvalue weighted by atomic mass is 10.1. The van der Waals surface area contributed by atoms with E-state index in [2.05, 4.69) is 0 Å². The third-order valence-corrected chi connectivity index (χ3v) is 2.17. The van der Waals surface area contributed by atoms with E-state index in [4.69, 9.17) is 4.74 Å². The zero-order chi connectivity index (χ0) is 10.1. The predicted molar refractivity (Wildman–Crippen MR) is 51.4 cm³/mol. The van der Waals surface area contributed by atoms with Gasteiger partial charge in [0.05, 0.1) is 12.2 Å². The Morgan fingerprint density at radius 3 is 2.54 bits per heavy atom. The molecule has 0 saturated carbocycles. The third kappa shape index (κ3) is 3.35. The Balaban J connectivity index is 2.29. The van der Waals surface area contributed by atoms with E-state index in [1.807, 2.05) is 27.8 Å². The van der Waals surface area contributed by atoms with E-state index in [0.29, 0.717) is 18.9 Å². The molecule has 1 fully saturated rings. The first-order valence-electron chi connectivity index (χ1n) is 4.76. The minimum absolute atomic E-state index is 0.0930. The summed E-state index contributed by atoms with van der Waals surface area (Å²) in [6, 6.07) is 0. The standard InChI is InChI=1S/C10H19NO2/c1-10(2,3)13-7-8-5-9(12)11(4)6-8/h8H,5-7H2,1-4H3. The first-order chi connectivity index (χ1) is 5.88. The maximum Gasteiger partial charge on any atom is 0.222 e. The lowest BCUT2D eigenvalue weighted by molar-refractivity contribution is -0.126. The van der Waals surface area contributed by atoms with E-state index in [-0.39, 0.29) is 11.5 Å². The number of likely N-dealkylation sites (tertiary alicyclic amines) is 1. The highest BCUT2D eigenvalue weighted by Gasteiger charge is 2.27. The fourth-order valence-electron chi connectivity index (χ4n) is 1.44. The number of nitrogens with zero attached hydrogens (tertiary/aromatic N) is 1. The summed E-state index contributed by atoms with van der Waals surface area (Å²) in [5.41, 5.74) is -0.0930. The fourth-order valence-corrected chi connectivity index (χ4v) is 1.44. The van der Waals surface area contributed by atoms with Crippen molar-refractivity contribution in [3.8, 4) is 0 Å². The van der Waals surface area contributed by atoms with Crippen LogP contribution < -0.4 is 0 Å². The van der Waals surface area contributed by atoms with Crippen molar-refractivity contribution in [2.75, 3.05) is 20.2 Å². The second-order valence-electron chi connectivity index (χ2n) is 4.77. The van der Waals surface area contributed by atoms with Crippen molar-refractivity contribution < 1.29 is 9.53 Å². The van der Waals surface area contributed by atoms with E-state index >= 15 is 0 Å². The second-order valence-corrected chi connectivity index (χ2v) is 4.77. The summed E-state index contributed by atoms with van der Waals surface area (Å²) in [7, 11) is 1.85. The van der Waals surface area contributed by atoms with E-state index < -0.39 is 0 Å². The number of carbonyl (C=O) groups excluding carboxylic acids is 1. The number of ether oxygens (including phenoxy) is 1. The van der Waals surface area contributed by atoms with Crippen LogP contribution in [0.3, 0.4) is 0 Å². The van der Waals surface area contributed by atoms with Crippen molar-refractivity contribution in [1.29, 1.82) is 0 Å². The van der Waals surface area contributed by atoms with Gasteiger partial charge < -0.3 is 9.64 Å². The number of amides is 1. The van der Waals surface area contributed by atoms with Crippen LogP contribution in [0.25, 0.3) is 0 Å². The number of hydrogen-bond donors (Lipinski definition) is 0. The maximum absolute atomic E-state index is 11.2. The molecule has 0 aromatic rings. The monoisotopic (exact) mass is 185 g/mol. The summed E-state index contributed by atoms with van der Waals surface area (Å²) >= 11 is 0. The quantitative estimate of drug-likeness (QED) is 0.648. The highest BCUT2D eigenvalue weighted by atomic mass is 16.5. The molecule has 1 unspecified atom stereocenters. The largest absolute Gasteiger partial charge is 0.375 e. The average Bonchev–Trinajstić information content (AvgIpc) is 2.27. The summed E-state index contributed by atoms with van der Waals surface area (Å²) in [4.78, 5) is 13.0. The van der Waals surface area contributed by atoms with Gasteiger partial charge in [-0.3, -0.25) is 4.79 Å². The summed E-state index contributed by atoms with van der Waals surface area (Å²) < 4.78 is 5.63. The molecule has 1 saturated heterocycles. The van der Waals surface area contributed by atoms with Crippen LogP contribution in [0.5, 0.6) is 0 Å². The molecule has 1 rings (SSSR count). The summed E-state index contributed by atoms with van der Waals surface area (Å²) in [6.07, 6.45) is 0.645. The van der Waals surface area contributed by atoms with Crippen LogP contribution in [0.2, 0.25) is 0 Å². The molecule has 13 heavy (non-hydrogen) atoms. The lowest BCUT2D eigenvalue weighted by Crippen LogP contribution is -2.25. The Labute approximate surface area is 80.1 Å². The molecule has 1 aliphatic rings. The highest BCUT2D eigenvalue weighted by molar-refractivity contribution is 5.78. The molecule has 0 bridgehead atoms. The van der Waals surface area contributed by atoms with E-state index in [9.17, 15) is 4.79 Å². The SMILES string of the molecule is CN1CC(COC(C)(C)C)CC1=O. The number of hydrogen-bond acceptors (Lipinski definition) is 2. The topological polar surface area (TPSA) is 29.5 Å². The van der Waals surface area contributed by atoms with E-state index in [1.165, 1.54) is 0 Å². The molecule has 0 aromatic carbocycles. The minimum Gasteiger partial charge on any atom is -0.375 e. The van der Waals surface area contributed by atoms with Gasteiger partial charge in [0.1, 0.15) is 0 Å². The molecule has 3 heteroatoms. The zero-order valence-corrected chi connectivity index (χ0v) is 8.96. The van der Waals surface area contributed by atoms with Gasteiger partial charge in [-0.25, -0.2) is 0 Å². The highest BCUT2D eigenvalue weighted by Crippen LogP contribution is 2.18. The van der Waals surface area contributed by atoms with Gasteiger partial charge in [0.25, 0.3) is 0 Å². The van der Waals surface area contributed by atoms with Crippen LogP contribution in [0, 0.1) is 5.92 Å². The molecular formula is C10H19NO2. The Kier molecular flexibility index (Phi) is 2.96. The van der Waals surface area contributed by atoms with Crippen LogP contribution in [0.15, 0.2) is 0 Å². The first kappa shape index (κ1) is 10.5. The normalized spacial score (nSPS) is 24.2. The molecule has 1 atom stereocenters. The van der Waals surface area contributed by atoms with Crippen molar-refractivity contribution in [2.24, 2.45) is 5.92 Å². The first-order valence-corrected chi connectivity index (χ1v) is 4.76. The van der Waals surface area contributed by atoms with E-state index in [0.717, 1.165) is 6.54 Å². The molecule has 1 amide bonds.